The van der Waals surface area contributed by atoms with Gasteiger partial charge in [-0.3, -0.25) is 0 Å². The zero-order chi connectivity index (χ0) is 9.78. The standard InChI is InChI=1S/C6H16N2O3S/c1-3-12(10,11)8(2)5-6(9)4-7/h6,9H,3-5,7H2,1-2H3. The lowest BCUT2D eigenvalue weighted by molar-refractivity contribution is 0.160. The fourth-order valence-electron chi connectivity index (χ4n) is 0.705. The van der Waals surface area contributed by atoms with Gasteiger partial charge in [0.15, 0.2) is 0 Å². The number of aliphatic hydroxyl groups excluding tert-OH is 1. The third-order valence-corrected chi connectivity index (χ3v) is 3.41. The summed E-state index contributed by atoms with van der Waals surface area (Å²) in [6.45, 7) is 1.69. The summed E-state index contributed by atoms with van der Waals surface area (Å²) in [6.07, 6.45) is -0.781. The molecule has 0 saturated carbocycles. The first-order valence-electron chi connectivity index (χ1n) is 3.76. The van der Waals surface area contributed by atoms with Crippen LogP contribution >= 0.6 is 0 Å². The lowest BCUT2D eigenvalue weighted by Crippen LogP contribution is -2.38. The number of aliphatic hydroxyl groups is 1. The van der Waals surface area contributed by atoms with Gasteiger partial charge in [0.2, 0.25) is 10.0 Å². The van der Waals surface area contributed by atoms with Gasteiger partial charge in [0.25, 0.3) is 0 Å². The molecular formula is C6H16N2O3S. The van der Waals surface area contributed by atoms with Crippen LogP contribution in [-0.4, -0.2) is 49.8 Å². The molecule has 0 aliphatic heterocycles. The van der Waals surface area contributed by atoms with E-state index in [2.05, 4.69) is 0 Å². The number of hydrogen-bond donors (Lipinski definition) is 2. The van der Waals surface area contributed by atoms with Gasteiger partial charge in [0, 0.05) is 20.1 Å². The Morgan fingerprint density at radius 2 is 2.08 bits per heavy atom. The molecule has 6 heteroatoms. The minimum Gasteiger partial charge on any atom is -0.390 e. The highest BCUT2D eigenvalue weighted by atomic mass is 32.2. The Bertz CT molecular complexity index is 215. The molecule has 0 saturated heterocycles. The highest BCUT2D eigenvalue weighted by molar-refractivity contribution is 7.89. The zero-order valence-corrected chi connectivity index (χ0v) is 8.21. The second kappa shape index (κ2) is 4.76. The van der Waals surface area contributed by atoms with Crippen molar-refractivity contribution in [3.63, 3.8) is 0 Å². The maximum Gasteiger partial charge on any atom is 0.213 e. The Hall–Kier alpha value is -0.170. The molecular weight excluding hydrogens is 180 g/mol. The van der Waals surface area contributed by atoms with Gasteiger partial charge in [-0.25, -0.2) is 12.7 Å². The molecule has 1 atom stereocenters. The Kier molecular flexibility index (Phi) is 4.69. The molecule has 74 valence electrons. The Morgan fingerprint density at radius 3 is 2.42 bits per heavy atom. The molecule has 0 aromatic heterocycles. The summed E-state index contributed by atoms with van der Waals surface area (Å²) < 4.78 is 23.4. The molecule has 0 bridgehead atoms. The summed E-state index contributed by atoms with van der Waals surface area (Å²) >= 11 is 0. The molecule has 0 rings (SSSR count). The largest absolute Gasteiger partial charge is 0.390 e. The first kappa shape index (κ1) is 11.8. The van der Waals surface area contributed by atoms with Crippen molar-refractivity contribution < 1.29 is 13.5 Å². The SMILES string of the molecule is CCS(=O)(=O)N(C)CC(O)CN. The molecule has 5 nitrogen and oxygen atoms in total. The predicted octanol–water partition coefficient (Wildman–Crippen LogP) is -1.41. The summed E-state index contributed by atoms with van der Waals surface area (Å²) in [5.74, 6) is 0.0425. The monoisotopic (exact) mass is 196 g/mol. The maximum atomic E-state index is 11.1. The predicted molar refractivity (Wildman–Crippen MR) is 47.2 cm³/mol. The Balaban J connectivity index is 4.13. The number of sulfonamides is 1. The van der Waals surface area contributed by atoms with Crippen LogP contribution < -0.4 is 5.73 Å². The fraction of sp³-hybridized carbons (Fsp3) is 1.00. The van der Waals surface area contributed by atoms with E-state index in [4.69, 9.17) is 10.8 Å². The maximum absolute atomic E-state index is 11.1. The molecule has 0 aromatic carbocycles. The van der Waals surface area contributed by atoms with Gasteiger partial charge >= 0.3 is 0 Å². The third kappa shape index (κ3) is 3.48. The lowest BCUT2D eigenvalue weighted by Gasteiger charge is -2.18. The van der Waals surface area contributed by atoms with E-state index in [0.717, 1.165) is 4.31 Å². The highest BCUT2D eigenvalue weighted by Gasteiger charge is 2.17. The fourth-order valence-corrected chi connectivity index (χ4v) is 1.55. The summed E-state index contributed by atoms with van der Waals surface area (Å²) in [6, 6.07) is 0. The second-order valence-corrected chi connectivity index (χ2v) is 4.94. The van der Waals surface area contributed by atoms with E-state index in [1.165, 1.54) is 7.05 Å². The lowest BCUT2D eigenvalue weighted by atomic mass is 10.4. The van der Waals surface area contributed by atoms with Gasteiger partial charge in [-0.15, -0.1) is 0 Å². The molecule has 0 aliphatic rings. The van der Waals surface area contributed by atoms with Crippen LogP contribution in [0.15, 0.2) is 0 Å². The smallest absolute Gasteiger partial charge is 0.213 e. The molecule has 12 heavy (non-hydrogen) atoms. The quantitative estimate of drug-likeness (QED) is 0.565. The van der Waals surface area contributed by atoms with Gasteiger partial charge in [-0.1, -0.05) is 0 Å². The van der Waals surface area contributed by atoms with Gasteiger partial charge in [0.1, 0.15) is 0 Å². The summed E-state index contributed by atoms with van der Waals surface area (Å²) in [5.41, 5.74) is 5.13. The van der Waals surface area contributed by atoms with Crippen LogP contribution in [0.25, 0.3) is 0 Å². The van der Waals surface area contributed by atoms with E-state index >= 15 is 0 Å². The van der Waals surface area contributed by atoms with Crippen LogP contribution in [0.1, 0.15) is 6.92 Å². The summed E-state index contributed by atoms with van der Waals surface area (Å²) in [7, 11) is -1.76. The minimum atomic E-state index is -3.19. The van der Waals surface area contributed by atoms with E-state index in [-0.39, 0.29) is 18.8 Å². The molecule has 0 aliphatic carbocycles. The first-order chi connectivity index (χ1) is 5.44. The van der Waals surface area contributed by atoms with E-state index in [1.54, 1.807) is 6.92 Å². The molecule has 0 heterocycles. The van der Waals surface area contributed by atoms with Crippen molar-refractivity contribution in [2.45, 2.75) is 13.0 Å². The van der Waals surface area contributed by atoms with Crippen LogP contribution in [0, 0.1) is 0 Å². The molecule has 0 fully saturated rings. The molecule has 0 radical (unpaired) electrons. The van der Waals surface area contributed by atoms with Gasteiger partial charge in [-0.05, 0) is 6.92 Å². The topological polar surface area (TPSA) is 83.6 Å². The Morgan fingerprint density at radius 1 is 1.58 bits per heavy atom. The van der Waals surface area contributed by atoms with E-state index in [9.17, 15) is 8.42 Å². The third-order valence-electron chi connectivity index (χ3n) is 1.58. The molecule has 3 N–H and O–H groups in total. The van der Waals surface area contributed by atoms with Crippen LogP contribution in [0.2, 0.25) is 0 Å². The van der Waals surface area contributed by atoms with Gasteiger partial charge in [-0.2, -0.15) is 0 Å². The van der Waals surface area contributed by atoms with E-state index in [1.807, 2.05) is 0 Å². The molecule has 0 spiro atoms. The van der Waals surface area contributed by atoms with Crippen molar-refractivity contribution in [2.24, 2.45) is 5.73 Å². The van der Waals surface area contributed by atoms with Crippen LogP contribution in [0.5, 0.6) is 0 Å². The molecule has 1 unspecified atom stereocenters. The average molecular weight is 196 g/mol. The average Bonchev–Trinajstić information content (AvgIpc) is 2.04. The Labute approximate surface area is 73.2 Å². The van der Waals surface area contributed by atoms with Crippen molar-refractivity contribution in [2.75, 3.05) is 25.9 Å². The first-order valence-corrected chi connectivity index (χ1v) is 5.37. The van der Waals surface area contributed by atoms with Crippen molar-refractivity contribution in [1.29, 1.82) is 0 Å². The van der Waals surface area contributed by atoms with Crippen LogP contribution in [0.4, 0.5) is 0 Å². The normalized spacial score (nSPS) is 15.1. The second-order valence-electron chi connectivity index (χ2n) is 2.57. The van der Waals surface area contributed by atoms with Crippen molar-refractivity contribution in [3.8, 4) is 0 Å². The molecule has 0 aromatic rings. The van der Waals surface area contributed by atoms with Crippen molar-refractivity contribution in [3.05, 3.63) is 0 Å². The number of likely N-dealkylation sites (N-methyl/N-ethyl adjacent to an activating group) is 1. The van der Waals surface area contributed by atoms with Crippen LogP contribution in [0.3, 0.4) is 0 Å². The van der Waals surface area contributed by atoms with Gasteiger partial charge < -0.3 is 10.8 Å². The summed E-state index contributed by atoms with van der Waals surface area (Å²) in [5, 5.41) is 9.06. The van der Waals surface area contributed by atoms with Gasteiger partial charge in [0.05, 0.1) is 11.9 Å². The number of nitrogens with zero attached hydrogens (tertiary/aromatic N) is 1. The van der Waals surface area contributed by atoms with E-state index in [0.29, 0.717) is 0 Å². The van der Waals surface area contributed by atoms with E-state index < -0.39 is 16.1 Å². The minimum absolute atomic E-state index is 0.0425. The number of nitrogens with two attached hydrogens (primary N) is 1. The number of hydrogen-bond acceptors (Lipinski definition) is 4. The summed E-state index contributed by atoms with van der Waals surface area (Å²) in [4.78, 5) is 0. The zero-order valence-electron chi connectivity index (χ0n) is 7.40. The molecule has 0 amide bonds. The number of rotatable bonds is 5. The van der Waals surface area contributed by atoms with Crippen LogP contribution in [-0.2, 0) is 10.0 Å². The highest BCUT2D eigenvalue weighted by Crippen LogP contribution is 1.98. The van der Waals surface area contributed by atoms with Crippen molar-refractivity contribution >= 4 is 10.0 Å². The van der Waals surface area contributed by atoms with Crippen molar-refractivity contribution in [1.82, 2.24) is 4.31 Å².